The molecule has 0 spiro atoms. The number of ketones is 1. The van der Waals surface area contributed by atoms with Crippen molar-refractivity contribution >= 4 is 29.0 Å². The first-order chi connectivity index (χ1) is 6.56. The Hall–Kier alpha value is -0.530. The van der Waals surface area contributed by atoms with Gasteiger partial charge in [-0.3, -0.25) is 4.79 Å². The molecule has 1 rings (SSSR count). The number of aryl methyl sites for hydroxylation is 2. The third-order valence-electron chi connectivity index (χ3n) is 2.07. The van der Waals surface area contributed by atoms with Crippen molar-refractivity contribution in [1.29, 1.82) is 0 Å². The zero-order chi connectivity index (χ0) is 10.7. The maximum Gasteiger partial charge on any atom is 0.182 e. The summed E-state index contributed by atoms with van der Waals surface area (Å²) in [5.74, 6) is 0.0485. The van der Waals surface area contributed by atoms with Crippen LogP contribution in [0.1, 0.15) is 21.5 Å². The number of benzene rings is 1. The van der Waals surface area contributed by atoms with E-state index >= 15 is 0 Å². The Labute approximate surface area is 94.0 Å². The summed E-state index contributed by atoms with van der Waals surface area (Å²) in [5.41, 5.74) is 2.75. The van der Waals surface area contributed by atoms with Gasteiger partial charge in [-0.1, -0.05) is 23.8 Å². The summed E-state index contributed by atoms with van der Waals surface area (Å²) in [6.07, 6.45) is 0. The van der Waals surface area contributed by atoms with Crippen molar-refractivity contribution in [2.75, 3.05) is 5.88 Å². The van der Waals surface area contributed by atoms with Crippen molar-refractivity contribution in [3.05, 3.63) is 34.9 Å². The normalized spacial score (nSPS) is 12.6. The second kappa shape index (κ2) is 4.81. The molecular formula is C11H12Cl2O. The number of alkyl halides is 2. The molecule has 0 bridgehead atoms. The molecule has 3 heteroatoms. The number of carbonyl (C=O) groups is 1. The first-order valence-corrected chi connectivity index (χ1v) is 5.35. The lowest BCUT2D eigenvalue weighted by molar-refractivity contribution is 0.0992. The topological polar surface area (TPSA) is 17.1 Å². The Morgan fingerprint density at radius 1 is 1.43 bits per heavy atom. The van der Waals surface area contributed by atoms with Crippen LogP contribution < -0.4 is 0 Å². The summed E-state index contributed by atoms with van der Waals surface area (Å²) in [5, 5.41) is -0.627. The van der Waals surface area contributed by atoms with E-state index in [1.165, 1.54) is 0 Å². The van der Waals surface area contributed by atoms with Crippen LogP contribution in [0.3, 0.4) is 0 Å². The summed E-state index contributed by atoms with van der Waals surface area (Å²) in [6, 6.07) is 5.66. The third kappa shape index (κ3) is 2.49. The molecule has 0 saturated heterocycles. The van der Waals surface area contributed by atoms with Crippen molar-refractivity contribution in [2.24, 2.45) is 0 Å². The van der Waals surface area contributed by atoms with Gasteiger partial charge in [-0.25, -0.2) is 0 Å². The van der Waals surface area contributed by atoms with E-state index in [-0.39, 0.29) is 11.7 Å². The molecule has 0 aliphatic carbocycles. The van der Waals surface area contributed by atoms with E-state index in [0.29, 0.717) is 5.56 Å². The predicted molar refractivity (Wildman–Crippen MR) is 60.6 cm³/mol. The number of carbonyl (C=O) groups excluding carboxylic acids is 1. The van der Waals surface area contributed by atoms with E-state index < -0.39 is 5.38 Å². The molecular weight excluding hydrogens is 219 g/mol. The summed E-state index contributed by atoms with van der Waals surface area (Å²) in [6.45, 7) is 3.89. The van der Waals surface area contributed by atoms with Crippen LogP contribution in [0.25, 0.3) is 0 Å². The maximum atomic E-state index is 11.7. The minimum absolute atomic E-state index is 0.0980. The van der Waals surface area contributed by atoms with Crippen LogP contribution in [0, 0.1) is 13.8 Å². The highest BCUT2D eigenvalue weighted by Crippen LogP contribution is 2.15. The van der Waals surface area contributed by atoms with Crippen LogP contribution in [-0.2, 0) is 0 Å². The molecule has 0 radical (unpaired) electrons. The van der Waals surface area contributed by atoms with Gasteiger partial charge >= 0.3 is 0 Å². The number of halogens is 2. The van der Waals surface area contributed by atoms with Gasteiger partial charge in [0.2, 0.25) is 0 Å². The zero-order valence-corrected chi connectivity index (χ0v) is 9.69. The smallest absolute Gasteiger partial charge is 0.182 e. The predicted octanol–water partition coefficient (Wildman–Crippen LogP) is 3.33. The van der Waals surface area contributed by atoms with Gasteiger partial charge in [0.05, 0.1) is 0 Å². The lowest BCUT2D eigenvalue weighted by atomic mass is 10.0. The van der Waals surface area contributed by atoms with Crippen LogP contribution in [0.4, 0.5) is 0 Å². The molecule has 1 atom stereocenters. The molecule has 76 valence electrons. The molecule has 0 aliphatic rings. The van der Waals surface area contributed by atoms with Gasteiger partial charge in [0.15, 0.2) is 5.78 Å². The second-order valence-corrected chi connectivity index (χ2v) is 4.14. The lowest BCUT2D eigenvalue weighted by Gasteiger charge is -2.08. The van der Waals surface area contributed by atoms with Gasteiger partial charge in [0.1, 0.15) is 5.38 Å². The Morgan fingerprint density at radius 3 is 2.57 bits per heavy atom. The van der Waals surface area contributed by atoms with Crippen LogP contribution in [0.2, 0.25) is 0 Å². The molecule has 14 heavy (non-hydrogen) atoms. The Bertz CT molecular complexity index is 347. The molecule has 0 heterocycles. The highest BCUT2D eigenvalue weighted by atomic mass is 35.5. The number of hydrogen-bond donors (Lipinski definition) is 0. The van der Waals surface area contributed by atoms with Crippen molar-refractivity contribution in [2.45, 2.75) is 19.2 Å². The fourth-order valence-electron chi connectivity index (χ4n) is 1.33. The molecule has 1 aromatic carbocycles. The van der Waals surface area contributed by atoms with E-state index in [0.717, 1.165) is 11.1 Å². The molecule has 0 aliphatic heterocycles. The molecule has 1 unspecified atom stereocenters. The standard InChI is InChI=1S/C11H12Cl2O/c1-7-3-4-9(8(2)5-7)11(14)10(13)6-12/h3-5,10H,6H2,1-2H3. The maximum absolute atomic E-state index is 11.7. The fraction of sp³-hybridized carbons (Fsp3) is 0.364. The highest BCUT2D eigenvalue weighted by Gasteiger charge is 2.17. The molecule has 1 nitrogen and oxygen atoms in total. The summed E-state index contributed by atoms with van der Waals surface area (Å²) in [7, 11) is 0. The van der Waals surface area contributed by atoms with Crippen LogP contribution in [0.5, 0.6) is 0 Å². The summed E-state index contributed by atoms with van der Waals surface area (Å²) >= 11 is 11.3. The minimum atomic E-state index is -0.627. The summed E-state index contributed by atoms with van der Waals surface area (Å²) < 4.78 is 0. The van der Waals surface area contributed by atoms with Crippen LogP contribution in [0.15, 0.2) is 18.2 Å². The SMILES string of the molecule is Cc1ccc(C(=O)C(Cl)CCl)c(C)c1. The van der Waals surface area contributed by atoms with Crippen molar-refractivity contribution in [3.63, 3.8) is 0 Å². The van der Waals surface area contributed by atoms with Gasteiger partial charge in [-0.15, -0.1) is 23.2 Å². The Morgan fingerprint density at radius 2 is 2.07 bits per heavy atom. The number of Topliss-reactive ketones (excluding diaryl/α,β-unsaturated/α-hetero) is 1. The van der Waals surface area contributed by atoms with E-state index in [1.54, 1.807) is 6.07 Å². The monoisotopic (exact) mass is 230 g/mol. The van der Waals surface area contributed by atoms with Crippen LogP contribution in [-0.4, -0.2) is 17.0 Å². The van der Waals surface area contributed by atoms with Gasteiger partial charge in [-0.05, 0) is 19.4 Å². The largest absolute Gasteiger partial charge is 0.292 e. The average Bonchev–Trinajstić information content (AvgIpc) is 2.15. The first kappa shape index (κ1) is 11.5. The second-order valence-electron chi connectivity index (χ2n) is 3.30. The molecule has 0 N–H and O–H groups in total. The molecule has 0 amide bonds. The quantitative estimate of drug-likeness (QED) is 0.576. The number of rotatable bonds is 3. The van der Waals surface area contributed by atoms with Gasteiger partial charge in [0.25, 0.3) is 0 Å². The molecule has 1 aromatic rings. The van der Waals surface area contributed by atoms with Crippen molar-refractivity contribution < 1.29 is 4.79 Å². The number of hydrogen-bond acceptors (Lipinski definition) is 1. The van der Waals surface area contributed by atoms with E-state index in [1.807, 2.05) is 26.0 Å². The lowest BCUT2D eigenvalue weighted by Crippen LogP contribution is -2.17. The fourth-order valence-corrected chi connectivity index (χ4v) is 1.59. The van der Waals surface area contributed by atoms with E-state index in [4.69, 9.17) is 23.2 Å². The molecule has 0 fully saturated rings. The molecule has 0 saturated carbocycles. The summed E-state index contributed by atoms with van der Waals surface area (Å²) in [4.78, 5) is 11.7. The Balaban J connectivity index is 3.02. The zero-order valence-electron chi connectivity index (χ0n) is 8.18. The van der Waals surface area contributed by atoms with Crippen molar-refractivity contribution in [3.8, 4) is 0 Å². The van der Waals surface area contributed by atoms with Gasteiger partial charge in [-0.2, -0.15) is 0 Å². The van der Waals surface area contributed by atoms with Crippen LogP contribution >= 0.6 is 23.2 Å². The third-order valence-corrected chi connectivity index (χ3v) is 2.89. The minimum Gasteiger partial charge on any atom is -0.292 e. The molecule has 0 aromatic heterocycles. The average molecular weight is 231 g/mol. The van der Waals surface area contributed by atoms with Gasteiger partial charge < -0.3 is 0 Å². The van der Waals surface area contributed by atoms with E-state index in [2.05, 4.69) is 0 Å². The van der Waals surface area contributed by atoms with Crippen molar-refractivity contribution in [1.82, 2.24) is 0 Å². The van der Waals surface area contributed by atoms with Gasteiger partial charge in [0, 0.05) is 11.4 Å². The van der Waals surface area contributed by atoms with E-state index in [9.17, 15) is 4.79 Å². The highest BCUT2D eigenvalue weighted by molar-refractivity contribution is 6.38. The Kier molecular flexibility index (Phi) is 3.97. The first-order valence-electron chi connectivity index (χ1n) is 4.37.